The second-order valence-electron chi connectivity index (χ2n) is 5.67. The van der Waals surface area contributed by atoms with Crippen molar-refractivity contribution in [3.05, 3.63) is 0 Å². The van der Waals surface area contributed by atoms with Gasteiger partial charge in [0.2, 0.25) is 0 Å². The van der Waals surface area contributed by atoms with Crippen molar-refractivity contribution in [1.82, 2.24) is 10.6 Å². The average Bonchev–Trinajstić information content (AvgIpc) is 2.31. The van der Waals surface area contributed by atoms with Crippen molar-refractivity contribution in [2.45, 2.75) is 58.4 Å². The summed E-state index contributed by atoms with van der Waals surface area (Å²) >= 11 is 0. The van der Waals surface area contributed by atoms with Crippen LogP contribution in [0.5, 0.6) is 0 Å². The molecule has 1 fully saturated rings. The van der Waals surface area contributed by atoms with Crippen LogP contribution in [0.2, 0.25) is 0 Å². The monoisotopic (exact) mass is 270 g/mol. The Kier molecular flexibility index (Phi) is 6.67. The number of carboxylic acids is 1. The van der Waals surface area contributed by atoms with E-state index in [-0.39, 0.29) is 12.5 Å². The Balaban J connectivity index is 2.07. The van der Waals surface area contributed by atoms with E-state index in [1.165, 1.54) is 0 Å². The van der Waals surface area contributed by atoms with Crippen molar-refractivity contribution in [3.8, 4) is 0 Å². The van der Waals surface area contributed by atoms with Gasteiger partial charge in [-0.2, -0.15) is 0 Å². The zero-order chi connectivity index (χ0) is 14.3. The van der Waals surface area contributed by atoms with Crippen LogP contribution in [0.25, 0.3) is 0 Å². The second-order valence-corrected chi connectivity index (χ2v) is 5.67. The van der Waals surface area contributed by atoms with Gasteiger partial charge in [0, 0.05) is 19.0 Å². The molecule has 0 radical (unpaired) electrons. The molecule has 5 heteroatoms. The maximum absolute atomic E-state index is 11.6. The number of urea groups is 1. The predicted octanol–water partition coefficient (Wildman–Crippen LogP) is 2.37. The topological polar surface area (TPSA) is 78.4 Å². The van der Waals surface area contributed by atoms with E-state index in [1.54, 1.807) is 0 Å². The third-order valence-electron chi connectivity index (χ3n) is 3.89. The Morgan fingerprint density at radius 2 is 2.00 bits per heavy atom. The number of carboxylic acid groups (broad SMARTS) is 1. The summed E-state index contributed by atoms with van der Waals surface area (Å²) in [4.78, 5) is 22.1. The van der Waals surface area contributed by atoms with Gasteiger partial charge >= 0.3 is 12.0 Å². The molecule has 0 spiro atoms. The predicted molar refractivity (Wildman–Crippen MR) is 74.0 cm³/mol. The highest BCUT2D eigenvalue weighted by atomic mass is 16.4. The number of rotatable bonds is 8. The fourth-order valence-electron chi connectivity index (χ4n) is 2.53. The molecule has 0 aromatic rings. The number of carbonyl (C=O) groups is 2. The van der Waals surface area contributed by atoms with E-state index in [4.69, 9.17) is 5.11 Å². The standard InChI is InChI=1S/C14H26N2O3/c1-3-11(4-5-13(17)18)6-7-15-14(19)16-12-8-10(2)9-12/h10-12H,3-9H2,1-2H3,(H,17,18)(H2,15,16,19). The van der Waals surface area contributed by atoms with Gasteiger partial charge in [-0.25, -0.2) is 4.79 Å². The minimum absolute atomic E-state index is 0.0926. The molecule has 1 unspecified atom stereocenters. The van der Waals surface area contributed by atoms with Crippen LogP contribution in [0.3, 0.4) is 0 Å². The molecular weight excluding hydrogens is 244 g/mol. The number of carbonyl (C=O) groups excluding carboxylic acids is 1. The third kappa shape index (κ3) is 6.45. The Hall–Kier alpha value is -1.26. The summed E-state index contributed by atoms with van der Waals surface area (Å²) in [6.45, 7) is 4.86. The fourth-order valence-corrected chi connectivity index (χ4v) is 2.53. The van der Waals surface area contributed by atoms with Gasteiger partial charge in [-0.3, -0.25) is 4.79 Å². The summed E-state index contributed by atoms with van der Waals surface area (Å²) in [7, 11) is 0. The number of aliphatic carboxylic acids is 1. The molecule has 0 aromatic carbocycles. The van der Waals surface area contributed by atoms with Crippen molar-refractivity contribution in [3.63, 3.8) is 0 Å². The first-order valence-corrected chi connectivity index (χ1v) is 7.27. The molecule has 1 aliphatic rings. The lowest BCUT2D eigenvalue weighted by molar-refractivity contribution is -0.137. The Bertz CT molecular complexity index is 301. The zero-order valence-corrected chi connectivity index (χ0v) is 11.9. The van der Waals surface area contributed by atoms with E-state index in [2.05, 4.69) is 24.5 Å². The maximum atomic E-state index is 11.6. The fraction of sp³-hybridized carbons (Fsp3) is 0.857. The van der Waals surface area contributed by atoms with Gasteiger partial charge in [0.15, 0.2) is 0 Å². The van der Waals surface area contributed by atoms with E-state index < -0.39 is 5.97 Å². The van der Waals surface area contributed by atoms with Crippen molar-refractivity contribution in [2.75, 3.05) is 6.54 Å². The molecule has 0 aliphatic heterocycles. The molecule has 2 amide bonds. The van der Waals surface area contributed by atoms with Crippen LogP contribution in [0.4, 0.5) is 4.79 Å². The lowest BCUT2D eigenvalue weighted by Gasteiger charge is -2.33. The minimum Gasteiger partial charge on any atom is -0.481 e. The van der Waals surface area contributed by atoms with Crippen LogP contribution in [0.1, 0.15) is 52.4 Å². The van der Waals surface area contributed by atoms with E-state index in [1.807, 2.05) is 0 Å². The van der Waals surface area contributed by atoms with Gasteiger partial charge in [0.1, 0.15) is 0 Å². The quantitative estimate of drug-likeness (QED) is 0.633. The SMILES string of the molecule is CCC(CCNC(=O)NC1CC(C)C1)CCC(=O)O. The van der Waals surface area contributed by atoms with Crippen LogP contribution >= 0.6 is 0 Å². The summed E-state index contributed by atoms with van der Waals surface area (Å²) in [5.41, 5.74) is 0. The first-order chi connectivity index (χ1) is 9.01. The van der Waals surface area contributed by atoms with Gasteiger partial charge in [0.25, 0.3) is 0 Å². The molecule has 5 nitrogen and oxygen atoms in total. The highest BCUT2D eigenvalue weighted by Gasteiger charge is 2.26. The molecule has 3 N–H and O–H groups in total. The molecule has 0 saturated heterocycles. The summed E-state index contributed by atoms with van der Waals surface area (Å²) in [6.07, 6.45) is 4.85. The van der Waals surface area contributed by atoms with Crippen LogP contribution in [-0.2, 0) is 4.79 Å². The van der Waals surface area contributed by atoms with Crippen LogP contribution in [-0.4, -0.2) is 29.7 Å². The van der Waals surface area contributed by atoms with E-state index >= 15 is 0 Å². The first kappa shape index (κ1) is 15.8. The molecule has 1 atom stereocenters. The molecule has 1 rings (SSSR count). The van der Waals surface area contributed by atoms with Crippen LogP contribution in [0, 0.1) is 11.8 Å². The van der Waals surface area contributed by atoms with Crippen molar-refractivity contribution in [2.24, 2.45) is 11.8 Å². The number of nitrogens with one attached hydrogen (secondary N) is 2. The molecule has 110 valence electrons. The molecule has 0 bridgehead atoms. The largest absolute Gasteiger partial charge is 0.481 e. The molecule has 0 heterocycles. The smallest absolute Gasteiger partial charge is 0.315 e. The summed E-state index contributed by atoms with van der Waals surface area (Å²) in [6, 6.07) is 0.244. The summed E-state index contributed by atoms with van der Waals surface area (Å²) < 4.78 is 0. The van der Waals surface area contributed by atoms with Gasteiger partial charge in [0.05, 0.1) is 0 Å². The van der Waals surface area contributed by atoms with E-state index in [0.717, 1.165) is 31.6 Å². The third-order valence-corrected chi connectivity index (χ3v) is 3.89. The zero-order valence-electron chi connectivity index (χ0n) is 11.9. The first-order valence-electron chi connectivity index (χ1n) is 7.27. The summed E-state index contributed by atoms with van der Waals surface area (Å²) in [5, 5.41) is 14.4. The minimum atomic E-state index is -0.747. The molecule has 1 aliphatic carbocycles. The molecule has 1 saturated carbocycles. The highest BCUT2D eigenvalue weighted by Crippen LogP contribution is 2.25. The van der Waals surface area contributed by atoms with Crippen LogP contribution in [0.15, 0.2) is 0 Å². The van der Waals surface area contributed by atoms with Gasteiger partial charge < -0.3 is 15.7 Å². The van der Waals surface area contributed by atoms with Crippen LogP contribution < -0.4 is 10.6 Å². The Morgan fingerprint density at radius 1 is 1.32 bits per heavy atom. The lowest BCUT2D eigenvalue weighted by Crippen LogP contribution is -2.48. The Morgan fingerprint density at radius 3 is 2.53 bits per heavy atom. The second kappa shape index (κ2) is 8.02. The molecular formula is C14H26N2O3. The van der Waals surface area contributed by atoms with Crippen molar-refractivity contribution >= 4 is 12.0 Å². The molecule has 19 heavy (non-hydrogen) atoms. The molecule has 0 aromatic heterocycles. The van der Waals surface area contributed by atoms with Gasteiger partial charge in [-0.15, -0.1) is 0 Å². The van der Waals surface area contributed by atoms with E-state index in [9.17, 15) is 9.59 Å². The van der Waals surface area contributed by atoms with Gasteiger partial charge in [-0.1, -0.05) is 20.3 Å². The lowest BCUT2D eigenvalue weighted by atomic mass is 9.82. The van der Waals surface area contributed by atoms with Gasteiger partial charge in [-0.05, 0) is 37.5 Å². The van der Waals surface area contributed by atoms with E-state index in [0.29, 0.717) is 24.9 Å². The number of hydrogen-bond donors (Lipinski definition) is 3. The number of hydrogen-bond acceptors (Lipinski definition) is 2. The normalized spacial score (nSPS) is 23.3. The Labute approximate surface area is 115 Å². The highest BCUT2D eigenvalue weighted by molar-refractivity contribution is 5.74. The average molecular weight is 270 g/mol. The number of amides is 2. The van der Waals surface area contributed by atoms with Crippen molar-refractivity contribution < 1.29 is 14.7 Å². The summed E-state index contributed by atoms with van der Waals surface area (Å²) in [5.74, 6) is 0.356. The van der Waals surface area contributed by atoms with Crippen molar-refractivity contribution in [1.29, 1.82) is 0 Å². The maximum Gasteiger partial charge on any atom is 0.315 e.